The van der Waals surface area contributed by atoms with Crippen LogP contribution >= 0.6 is 11.6 Å². The standard InChI is InChI=1S/C34H33ClF3N9O2.CH2O2/c1-15-13-48-32-26-29(27(38)28(42-32)25-21-11-41-45-23(21)8-22(35)24(25)17-3-4-17)43-33(49-14-34-5-6-46(34)12-19(37)9-34)44-31(26)47(15)16(2)20-7-18(36)10-40-30(20)39;2-1-3/h7-8,10-11,15-17,19H,3-6,9,12-14H2,1-2H3,(H2,39,40)(H,41,45);1H,(H,2,3)/t15-,16+,19+,34?;/m0./s1. The monoisotopic (exact) mass is 737 g/mol. The van der Waals surface area contributed by atoms with Gasteiger partial charge in [-0.15, -0.1) is 0 Å². The minimum atomic E-state index is -0.945. The summed E-state index contributed by atoms with van der Waals surface area (Å²) in [6.07, 6.45) is 4.71. The van der Waals surface area contributed by atoms with Crippen LogP contribution < -0.4 is 20.1 Å². The van der Waals surface area contributed by atoms with Crippen LogP contribution in [0.5, 0.6) is 11.9 Å². The summed E-state index contributed by atoms with van der Waals surface area (Å²) in [5.41, 5.74) is 8.16. The molecule has 4 N–H and O–H groups in total. The number of nitrogens with one attached hydrogen (secondary N) is 1. The second-order valence-electron chi connectivity index (χ2n) is 13.9. The molecule has 1 aliphatic carbocycles. The van der Waals surface area contributed by atoms with Gasteiger partial charge in [0.1, 0.15) is 53.4 Å². The summed E-state index contributed by atoms with van der Waals surface area (Å²) >= 11 is 6.83. The minimum absolute atomic E-state index is 0.0291. The molecular formula is C35H35ClF3N9O4. The highest BCUT2D eigenvalue weighted by Crippen LogP contribution is 2.52. The molecule has 9 rings (SSSR count). The number of pyridine rings is 2. The van der Waals surface area contributed by atoms with E-state index >= 15 is 4.39 Å². The fourth-order valence-corrected chi connectivity index (χ4v) is 8.33. The van der Waals surface area contributed by atoms with Crippen LogP contribution in [0, 0.1) is 11.6 Å². The number of nitrogen functional groups attached to an aromatic ring is 1. The van der Waals surface area contributed by atoms with Gasteiger partial charge in [0.15, 0.2) is 5.82 Å². The summed E-state index contributed by atoms with van der Waals surface area (Å²) in [4.78, 5) is 30.7. The highest BCUT2D eigenvalue weighted by molar-refractivity contribution is 6.33. The van der Waals surface area contributed by atoms with E-state index in [9.17, 15) is 8.78 Å². The molecule has 52 heavy (non-hydrogen) atoms. The average Bonchev–Trinajstić information content (AvgIpc) is 3.82. The Morgan fingerprint density at radius 2 is 2.04 bits per heavy atom. The van der Waals surface area contributed by atoms with Crippen molar-refractivity contribution < 1.29 is 32.5 Å². The van der Waals surface area contributed by atoms with Gasteiger partial charge in [-0.2, -0.15) is 15.1 Å². The largest absolute Gasteiger partial charge is 0.483 e. The molecule has 1 saturated carbocycles. The molecule has 272 valence electrons. The maximum absolute atomic E-state index is 17.3. The highest BCUT2D eigenvalue weighted by atomic mass is 35.5. The topological polar surface area (TPSA) is 168 Å². The summed E-state index contributed by atoms with van der Waals surface area (Å²) in [5.74, 6) is -0.529. The number of halogens is 4. The Balaban J connectivity index is 0.00000125. The van der Waals surface area contributed by atoms with E-state index < -0.39 is 29.4 Å². The van der Waals surface area contributed by atoms with E-state index in [1.54, 1.807) is 12.3 Å². The number of benzene rings is 1. The van der Waals surface area contributed by atoms with Crippen LogP contribution in [0.15, 0.2) is 24.5 Å². The summed E-state index contributed by atoms with van der Waals surface area (Å²) in [6.45, 7) is 4.93. The van der Waals surface area contributed by atoms with Gasteiger partial charge in [-0.25, -0.2) is 23.1 Å². The van der Waals surface area contributed by atoms with Gasteiger partial charge in [-0.05, 0) is 56.7 Å². The molecule has 4 aromatic heterocycles. The first-order chi connectivity index (χ1) is 25.0. The van der Waals surface area contributed by atoms with Crippen molar-refractivity contribution in [3.8, 4) is 23.1 Å². The Kier molecular flexibility index (Phi) is 8.48. The number of carbonyl (C=O) groups is 1. The fourth-order valence-electron chi connectivity index (χ4n) is 7.97. The number of alkyl halides is 1. The molecule has 1 unspecified atom stereocenters. The van der Waals surface area contributed by atoms with Crippen LogP contribution in [0.4, 0.5) is 24.8 Å². The number of fused-ring (bicyclic) bond motifs is 2. The number of carboxylic acid groups (broad SMARTS) is 1. The number of rotatable bonds is 7. The number of aromatic amines is 1. The lowest BCUT2D eigenvalue weighted by atomic mass is 9.86. The van der Waals surface area contributed by atoms with E-state index in [4.69, 9.17) is 46.7 Å². The van der Waals surface area contributed by atoms with Crippen LogP contribution in [0.25, 0.3) is 33.1 Å². The molecule has 2 saturated heterocycles. The van der Waals surface area contributed by atoms with E-state index in [1.165, 1.54) is 6.07 Å². The molecule has 0 radical (unpaired) electrons. The second kappa shape index (κ2) is 12.9. The Morgan fingerprint density at radius 1 is 1.25 bits per heavy atom. The first kappa shape index (κ1) is 34.1. The van der Waals surface area contributed by atoms with Crippen molar-refractivity contribution in [3.63, 3.8) is 0 Å². The van der Waals surface area contributed by atoms with Crippen LogP contribution in [0.1, 0.15) is 62.6 Å². The maximum Gasteiger partial charge on any atom is 0.319 e. The van der Waals surface area contributed by atoms with Crippen molar-refractivity contribution in [3.05, 3.63) is 52.3 Å². The molecule has 17 heteroatoms. The summed E-state index contributed by atoms with van der Waals surface area (Å²) in [7, 11) is 0. The van der Waals surface area contributed by atoms with Gasteiger partial charge in [0.2, 0.25) is 5.88 Å². The maximum atomic E-state index is 17.3. The molecule has 3 fully saturated rings. The van der Waals surface area contributed by atoms with Crippen molar-refractivity contribution in [2.24, 2.45) is 0 Å². The zero-order valence-electron chi connectivity index (χ0n) is 28.2. The summed E-state index contributed by atoms with van der Waals surface area (Å²) < 4.78 is 58.9. The van der Waals surface area contributed by atoms with Crippen molar-refractivity contribution >= 4 is 51.5 Å². The Morgan fingerprint density at radius 3 is 2.75 bits per heavy atom. The van der Waals surface area contributed by atoms with Crippen molar-refractivity contribution in [1.82, 2.24) is 35.0 Å². The number of nitrogens with zero attached hydrogens (tertiary/aromatic N) is 7. The number of aromatic nitrogens is 6. The molecule has 0 amide bonds. The number of anilines is 2. The molecule has 4 atom stereocenters. The molecule has 3 aliphatic heterocycles. The van der Waals surface area contributed by atoms with Gasteiger partial charge in [0.25, 0.3) is 6.47 Å². The molecule has 13 nitrogen and oxygen atoms in total. The van der Waals surface area contributed by atoms with Gasteiger partial charge < -0.3 is 25.2 Å². The summed E-state index contributed by atoms with van der Waals surface area (Å²) in [6, 6.07) is 2.10. The van der Waals surface area contributed by atoms with Crippen molar-refractivity contribution in [2.75, 3.05) is 36.9 Å². The molecule has 5 aromatic rings. The quantitative estimate of drug-likeness (QED) is 0.168. The third-order valence-electron chi connectivity index (χ3n) is 10.6. The lowest BCUT2D eigenvalue weighted by molar-refractivity contribution is -0.122. The van der Waals surface area contributed by atoms with Crippen molar-refractivity contribution in [2.45, 2.75) is 69.2 Å². The third kappa shape index (κ3) is 5.59. The number of nitrogens with two attached hydrogens (primary N) is 1. The van der Waals surface area contributed by atoms with E-state index in [-0.39, 0.29) is 71.8 Å². The second-order valence-corrected chi connectivity index (χ2v) is 14.3. The molecule has 7 heterocycles. The number of hydrogen-bond donors (Lipinski definition) is 3. The Labute approximate surface area is 300 Å². The predicted molar refractivity (Wildman–Crippen MR) is 186 cm³/mol. The Hall–Kier alpha value is -4.96. The number of hydrogen-bond acceptors (Lipinski definition) is 11. The lowest BCUT2D eigenvalue weighted by Gasteiger charge is -2.47. The van der Waals surface area contributed by atoms with Gasteiger partial charge in [0.05, 0.1) is 35.5 Å². The molecule has 0 spiro atoms. The SMILES string of the molecule is C[C@H](c1cc(F)cnc1N)N1c2nc(OCC34CCN3C[C@H](F)C4)nc3c(F)c(-c4c(C5CC5)c(Cl)cc5[nH]ncc45)nc(c23)OC[C@@H]1C.O=CO. The molecule has 4 aliphatic rings. The third-order valence-corrected chi connectivity index (χ3v) is 11.0. The lowest BCUT2D eigenvalue weighted by Crippen LogP contribution is -2.59. The van der Waals surface area contributed by atoms with Gasteiger partial charge >= 0.3 is 6.01 Å². The molecule has 0 bridgehead atoms. The molecule has 1 aromatic carbocycles. The van der Waals surface area contributed by atoms with Crippen LogP contribution in [0.3, 0.4) is 0 Å². The van der Waals surface area contributed by atoms with E-state index in [0.717, 1.165) is 37.6 Å². The van der Waals surface area contributed by atoms with Crippen LogP contribution in [-0.4, -0.2) is 90.7 Å². The van der Waals surface area contributed by atoms with E-state index in [1.807, 2.05) is 18.7 Å². The minimum Gasteiger partial charge on any atom is -0.483 e. The first-order valence-electron chi connectivity index (χ1n) is 17.0. The van der Waals surface area contributed by atoms with Gasteiger partial charge in [-0.1, -0.05) is 11.6 Å². The van der Waals surface area contributed by atoms with E-state index in [0.29, 0.717) is 40.0 Å². The zero-order valence-corrected chi connectivity index (χ0v) is 29.0. The van der Waals surface area contributed by atoms with E-state index in [2.05, 4.69) is 25.1 Å². The Bertz CT molecular complexity index is 2220. The number of H-pyrrole nitrogens is 1. The van der Waals surface area contributed by atoms with Crippen molar-refractivity contribution in [1.29, 1.82) is 0 Å². The average molecular weight is 738 g/mol. The number of ether oxygens (including phenoxy) is 2. The normalized spacial score (nSPS) is 22.9. The first-order valence-corrected chi connectivity index (χ1v) is 17.4. The van der Waals surface area contributed by atoms with Gasteiger partial charge in [-0.3, -0.25) is 14.8 Å². The van der Waals surface area contributed by atoms with Crippen LogP contribution in [-0.2, 0) is 4.79 Å². The highest BCUT2D eigenvalue weighted by Gasteiger charge is 2.53. The smallest absolute Gasteiger partial charge is 0.319 e. The molecular weight excluding hydrogens is 703 g/mol. The fraction of sp³-hybridized carbons (Fsp3) is 0.429. The zero-order chi connectivity index (χ0) is 36.5. The van der Waals surface area contributed by atoms with Gasteiger partial charge in [0, 0.05) is 41.0 Å². The predicted octanol–water partition coefficient (Wildman–Crippen LogP) is 5.97. The van der Waals surface area contributed by atoms with Crippen LogP contribution in [0.2, 0.25) is 5.02 Å². The summed E-state index contributed by atoms with van der Waals surface area (Å²) in [5, 5.41) is 15.5.